The maximum Gasteiger partial charge on any atom is 0.147 e. The third-order valence-electron chi connectivity index (χ3n) is 4.42. The van der Waals surface area contributed by atoms with Crippen LogP contribution in [0.1, 0.15) is 30.5 Å². The molecule has 1 aliphatic heterocycles. The molecule has 106 valence electrons. The largest absolute Gasteiger partial charge is 0.379 e. The Balaban J connectivity index is 1.91. The Bertz CT molecular complexity index is 563. The zero-order valence-electron chi connectivity index (χ0n) is 11.7. The molecule has 0 bridgehead atoms. The fourth-order valence-electron chi connectivity index (χ4n) is 3.06. The summed E-state index contributed by atoms with van der Waals surface area (Å²) in [5.74, 6) is 0.792. The van der Waals surface area contributed by atoms with Crippen LogP contribution in [0.15, 0.2) is 6.07 Å². The molecule has 1 aliphatic carbocycles. The molecule has 20 heavy (non-hydrogen) atoms. The van der Waals surface area contributed by atoms with E-state index in [4.69, 9.17) is 21.6 Å². The van der Waals surface area contributed by atoms with Crippen molar-refractivity contribution in [2.45, 2.75) is 26.2 Å². The van der Waals surface area contributed by atoms with Gasteiger partial charge in [0.1, 0.15) is 11.9 Å². The Labute approximate surface area is 124 Å². The van der Waals surface area contributed by atoms with E-state index in [0.717, 1.165) is 31.2 Å². The minimum atomic E-state index is 0.281. The first-order valence-corrected chi connectivity index (χ1v) is 7.41. The van der Waals surface area contributed by atoms with Crippen LogP contribution in [-0.4, -0.2) is 31.3 Å². The molecular weight excluding hydrogens is 274 g/mol. The van der Waals surface area contributed by atoms with Gasteiger partial charge in [-0.1, -0.05) is 18.0 Å². The summed E-state index contributed by atoms with van der Waals surface area (Å²) >= 11 is 6.32. The lowest BCUT2D eigenvalue weighted by molar-refractivity contribution is 0.0187. The maximum atomic E-state index is 9.04. The van der Waals surface area contributed by atoms with Crippen molar-refractivity contribution in [3.8, 4) is 6.07 Å². The predicted molar refractivity (Wildman–Crippen MR) is 78.0 cm³/mol. The predicted octanol–water partition coefficient (Wildman–Crippen LogP) is 2.92. The number of pyridine rings is 1. The minimum Gasteiger partial charge on any atom is -0.379 e. The van der Waals surface area contributed by atoms with Crippen LogP contribution in [0.3, 0.4) is 0 Å². The van der Waals surface area contributed by atoms with Gasteiger partial charge in [-0.25, -0.2) is 4.98 Å². The van der Waals surface area contributed by atoms with E-state index in [-0.39, 0.29) is 5.41 Å². The Morgan fingerprint density at radius 3 is 2.95 bits per heavy atom. The summed E-state index contributed by atoms with van der Waals surface area (Å²) in [4.78, 5) is 6.77. The van der Waals surface area contributed by atoms with Gasteiger partial charge in [-0.15, -0.1) is 0 Å². The second kappa shape index (κ2) is 5.23. The standard InChI is InChI=1S/C15H18ClN3O/c1-11-12(8-17)7-13(16)14(18-11)19-5-6-20-10-15(9-19)3-2-4-15/h7H,2-6,9-10H2,1H3. The molecule has 3 rings (SSSR count). The first-order valence-electron chi connectivity index (χ1n) is 7.03. The van der Waals surface area contributed by atoms with Gasteiger partial charge in [-0.05, 0) is 25.8 Å². The van der Waals surface area contributed by atoms with Crippen molar-refractivity contribution in [1.29, 1.82) is 5.26 Å². The minimum absolute atomic E-state index is 0.281. The van der Waals surface area contributed by atoms with Gasteiger partial charge in [0.05, 0.1) is 29.5 Å². The maximum absolute atomic E-state index is 9.04. The zero-order valence-corrected chi connectivity index (χ0v) is 12.4. The third kappa shape index (κ3) is 2.36. The van der Waals surface area contributed by atoms with Crippen LogP contribution in [0.5, 0.6) is 0 Å². The summed E-state index contributed by atoms with van der Waals surface area (Å²) in [6, 6.07) is 3.85. The second-order valence-electron chi connectivity index (χ2n) is 5.87. The lowest BCUT2D eigenvalue weighted by atomic mass is 9.69. The van der Waals surface area contributed by atoms with Crippen molar-refractivity contribution in [3.05, 3.63) is 22.3 Å². The van der Waals surface area contributed by atoms with E-state index in [2.05, 4.69) is 16.0 Å². The first-order chi connectivity index (χ1) is 9.63. The van der Waals surface area contributed by atoms with E-state index in [1.165, 1.54) is 19.3 Å². The lowest BCUT2D eigenvalue weighted by Gasteiger charge is -2.43. The number of nitriles is 1. The molecule has 0 radical (unpaired) electrons. The molecule has 0 atom stereocenters. The Hall–Kier alpha value is -1.31. The Morgan fingerprint density at radius 1 is 1.50 bits per heavy atom. The molecule has 0 unspecified atom stereocenters. The zero-order chi connectivity index (χ0) is 14.2. The summed E-state index contributed by atoms with van der Waals surface area (Å²) in [5, 5.41) is 9.60. The van der Waals surface area contributed by atoms with Crippen LogP contribution in [0.2, 0.25) is 5.02 Å². The number of aryl methyl sites for hydroxylation is 1. The molecular formula is C15H18ClN3O. The molecule has 0 aromatic carbocycles. The van der Waals surface area contributed by atoms with Crippen molar-refractivity contribution in [1.82, 2.24) is 4.98 Å². The van der Waals surface area contributed by atoms with Crippen molar-refractivity contribution in [2.75, 3.05) is 31.2 Å². The van der Waals surface area contributed by atoms with Crippen molar-refractivity contribution >= 4 is 17.4 Å². The molecule has 0 N–H and O–H groups in total. The van der Waals surface area contributed by atoms with Gasteiger partial charge in [-0.3, -0.25) is 0 Å². The molecule has 1 spiro atoms. The van der Waals surface area contributed by atoms with E-state index >= 15 is 0 Å². The quantitative estimate of drug-likeness (QED) is 0.798. The Morgan fingerprint density at radius 2 is 2.30 bits per heavy atom. The van der Waals surface area contributed by atoms with Crippen LogP contribution in [0.25, 0.3) is 0 Å². The van der Waals surface area contributed by atoms with Gasteiger partial charge < -0.3 is 9.64 Å². The van der Waals surface area contributed by atoms with E-state index < -0.39 is 0 Å². The molecule has 1 aromatic heterocycles. The van der Waals surface area contributed by atoms with Crippen molar-refractivity contribution in [2.24, 2.45) is 5.41 Å². The number of nitrogens with zero attached hydrogens (tertiary/aromatic N) is 3. The number of anilines is 1. The molecule has 5 heteroatoms. The SMILES string of the molecule is Cc1nc(N2CCOCC3(CCC3)C2)c(Cl)cc1C#N. The molecule has 1 saturated heterocycles. The average molecular weight is 292 g/mol. The first kappa shape index (κ1) is 13.7. The third-order valence-corrected chi connectivity index (χ3v) is 4.70. The topological polar surface area (TPSA) is 49.2 Å². The van der Waals surface area contributed by atoms with Gasteiger partial charge in [0.25, 0.3) is 0 Å². The van der Waals surface area contributed by atoms with Gasteiger partial charge in [0, 0.05) is 18.5 Å². The molecule has 2 aliphatic rings. The van der Waals surface area contributed by atoms with Crippen LogP contribution in [0, 0.1) is 23.7 Å². The second-order valence-corrected chi connectivity index (χ2v) is 6.27. The van der Waals surface area contributed by atoms with Gasteiger partial charge in [-0.2, -0.15) is 5.26 Å². The summed E-state index contributed by atoms with van der Waals surface area (Å²) in [5.41, 5.74) is 1.56. The van der Waals surface area contributed by atoms with Crippen LogP contribution >= 0.6 is 11.6 Å². The summed E-state index contributed by atoms with van der Waals surface area (Å²) in [7, 11) is 0. The number of hydrogen-bond acceptors (Lipinski definition) is 4. The monoisotopic (exact) mass is 291 g/mol. The number of halogens is 1. The fraction of sp³-hybridized carbons (Fsp3) is 0.600. The number of aromatic nitrogens is 1. The highest BCUT2D eigenvalue weighted by molar-refractivity contribution is 6.33. The van der Waals surface area contributed by atoms with Gasteiger partial charge in [0.2, 0.25) is 0 Å². The van der Waals surface area contributed by atoms with Crippen molar-refractivity contribution < 1.29 is 4.74 Å². The van der Waals surface area contributed by atoms with Crippen molar-refractivity contribution in [3.63, 3.8) is 0 Å². The van der Waals surface area contributed by atoms with Gasteiger partial charge in [0.15, 0.2) is 0 Å². The molecule has 4 nitrogen and oxygen atoms in total. The van der Waals surface area contributed by atoms with Crippen LogP contribution < -0.4 is 4.90 Å². The highest BCUT2D eigenvalue weighted by atomic mass is 35.5. The summed E-state index contributed by atoms with van der Waals surface area (Å²) < 4.78 is 5.75. The molecule has 0 amide bonds. The highest BCUT2D eigenvalue weighted by Gasteiger charge is 2.40. The molecule has 1 saturated carbocycles. The number of ether oxygens (including phenoxy) is 1. The molecule has 1 aromatic rings. The highest BCUT2D eigenvalue weighted by Crippen LogP contribution is 2.44. The van der Waals surface area contributed by atoms with Gasteiger partial charge >= 0.3 is 0 Å². The van der Waals surface area contributed by atoms with E-state index in [9.17, 15) is 0 Å². The summed E-state index contributed by atoms with van der Waals surface area (Å²) in [6.07, 6.45) is 3.72. The van der Waals surface area contributed by atoms with E-state index in [1.807, 2.05) is 6.92 Å². The molecule has 2 fully saturated rings. The fourth-order valence-corrected chi connectivity index (χ4v) is 3.33. The van der Waals surface area contributed by atoms with E-state index in [0.29, 0.717) is 17.2 Å². The Kier molecular flexibility index (Phi) is 3.57. The van der Waals surface area contributed by atoms with Crippen LogP contribution in [0.4, 0.5) is 5.82 Å². The average Bonchev–Trinajstić information content (AvgIpc) is 2.63. The summed E-state index contributed by atoms with van der Waals surface area (Å²) in [6.45, 7) is 5.16. The van der Waals surface area contributed by atoms with Crippen LogP contribution in [-0.2, 0) is 4.74 Å². The normalized spacial score (nSPS) is 21.1. The lowest BCUT2D eigenvalue weighted by Crippen LogP contribution is -2.43. The van der Waals surface area contributed by atoms with E-state index in [1.54, 1.807) is 6.07 Å². The smallest absolute Gasteiger partial charge is 0.147 e. The number of hydrogen-bond donors (Lipinski definition) is 0. The molecule has 2 heterocycles. The number of rotatable bonds is 1.